The van der Waals surface area contributed by atoms with Crippen LogP contribution < -0.4 is 15.0 Å². The van der Waals surface area contributed by atoms with E-state index >= 15 is 0 Å². The number of benzene rings is 2. The second-order valence-electron chi connectivity index (χ2n) is 11.8. The second-order valence-corrected chi connectivity index (χ2v) is 11.8. The smallest absolute Gasteiger partial charge is 0.254 e. The van der Waals surface area contributed by atoms with Crippen LogP contribution in [0.25, 0.3) is 0 Å². The lowest BCUT2D eigenvalue weighted by atomic mass is 9.85. The van der Waals surface area contributed by atoms with Gasteiger partial charge in [-0.25, -0.2) is 4.39 Å². The van der Waals surface area contributed by atoms with Gasteiger partial charge in [0.1, 0.15) is 29.8 Å². The summed E-state index contributed by atoms with van der Waals surface area (Å²) in [7, 11) is 5.80. The zero-order valence-corrected chi connectivity index (χ0v) is 24.9. The van der Waals surface area contributed by atoms with E-state index in [4.69, 9.17) is 4.74 Å². The van der Waals surface area contributed by atoms with Crippen LogP contribution in [0.3, 0.4) is 0 Å². The zero-order valence-electron chi connectivity index (χ0n) is 24.9. The molecule has 2 fully saturated rings. The van der Waals surface area contributed by atoms with Gasteiger partial charge in [-0.1, -0.05) is 25.5 Å². The van der Waals surface area contributed by atoms with E-state index in [9.17, 15) is 18.8 Å². The first-order chi connectivity index (χ1) is 19.4. The number of carbonyl (C=O) groups excluding carboxylic acids is 3. The minimum atomic E-state index is -0.811. The lowest BCUT2D eigenvalue weighted by Crippen LogP contribution is -2.60. The molecule has 10 heteroatoms. The predicted octanol–water partition coefficient (Wildman–Crippen LogP) is 3.13. The largest absolute Gasteiger partial charge is 0.492 e. The van der Waals surface area contributed by atoms with Crippen molar-refractivity contribution in [3.8, 4) is 5.75 Å². The van der Waals surface area contributed by atoms with Crippen molar-refractivity contribution in [1.29, 1.82) is 0 Å². The number of amides is 3. The van der Waals surface area contributed by atoms with Crippen molar-refractivity contribution in [3.05, 3.63) is 59.4 Å². The number of carbonyl (C=O) groups is 3. The Hall–Kier alpha value is -3.66. The Morgan fingerprint density at radius 1 is 1.10 bits per heavy atom. The van der Waals surface area contributed by atoms with Crippen LogP contribution in [0.4, 0.5) is 10.1 Å². The average Bonchev–Trinajstić information content (AvgIpc) is 3.17. The molecule has 0 unspecified atom stereocenters. The summed E-state index contributed by atoms with van der Waals surface area (Å²) >= 11 is 0. The Morgan fingerprint density at radius 3 is 2.37 bits per heavy atom. The number of anilines is 1. The summed E-state index contributed by atoms with van der Waals surface area (Å²) in [6.07, 6.45) is 0.933. The zero-order chi connectivity index (χ0) is 29.9. The van der Waals surface area contributed by atoms with Crippen molar-refractivity contribution in [1.82, 2.24) is 20.0 Å². The number of ether oxygens (including phenoxy) is 1. The third kappa shape index (κ3) is 6.48. The van der Waals surface area contributed by atoms with Crippen LogP contribution in [-0.2, 0) is 9.59 Å². The van der Waals surface area contributed by atoms with E-state index in [0.29, 0.717) is 39.2 Å². The molecule has 4 rings (SSSR count). The van der Waals surface area contributed by atoms with E-state index in [0.717, 1.165) is 23.5 Å². The number of halogens is 1. The van der Waals surface area contributed by atoms with Crippen molar-refractivity contribution >= 4 is 23.4 Å². The van der Waals surface area contributed by atoms with Gasteiger partial charge in [-0.3, -0.25) is 14.4 Å². The summed E-state index contributed by atoms with van der Waals surface area (Å²) in [5, 5.41) is 2.77. The molecule has 2 saturated heterocycles. The monoisotopic (exact) mass is 567 g/mol. The van der Waals surface area contributed by atoms with Gasteiger partial charge in [0, 0.05) is 32.4 Å². The molecule has 41 heavy (non-hydrogen) atoms. The predicted molar refractivity (Wildman–Crippen MR) is 156 cm³/mol. The maximum absolute atomic E-state index is 14.3. The molecule has 0 saturated carbocycles. The summed E-state index contributed by atoms with van der Waals surface area (Å²) < 4.78 is 20.2. The number of rotatable bonds is 9. The number of nitrogens with zero attached hydrogens (tertiary/aromatic N) is 4. The highest BCUT2D eigenvalue weighted by molar-refractivity contribution is 5.98. The van der Waals surface area contributed by atoms with Crippen LogP contribution in [0.2, 0.25) is 0 Å². The average molecular weight is 568 g/mol. The van der Waals surface area contributed by atoms with E-state index in [1.54, 1.807) is 29.8 Å². The van der Waals surface area contributed by atoms with Gasteiger partial charge in [0.25, 0.3) is 5.91 Å². The molecule has 0 aliphatic carbocycles. The highest BCUT2D eigenvalue weighted by Gasteiger charge is 2.53. The molecule has 2 aliphatic rings. The number of piperidine rings is 1. The maximum atomic E-state index is 14.3. The van der Waals surface area contributed by atoms with E-state index < -0.39 is 23.3 Å². The van der Waals surface area contributed by atoms with Gasteiger partial charge < -0.3 is 29.7 Å². The van der Waals surface area contributed by atoms with Crippen molar-refractivity contribution in [2.75, 3.05) is 59.0 Å². The molecule has 2 aliphatic heterocycles. The fourth-order valence-corrected chi connectivity index (χ4v) is 5.60. The quantitative estimate of drug-likeness (QED) is 0.501. The van der Waals surface area contributed by atoms with Crippen LogP contribution in [0.5, 0.6) is 5.75 Å². The lowest BCUT2D eigenvalue weighted by Gasteiger charge is -2.44. The van der Waals surface area contributed by atoms with Crippen molar-refractivity contribution in [2.24, 2.45) is 5.92 Å². The van der Waals surface area contributed by atoms with Crippen molar-refractivity contribution < 1.29 is 23.5 Å². The second kappa shape index (κ2) is 12.5. The van der Waals surface area contributed by atoms with E-state index in [2.05, 4.69) is 15.1 Å². The molecule has 2 aromatic rings. The molecule has 222 valence electrons. The maximum Gasteiger partial charge on any atom is 0.254 e. The third-order valence-electron chi connectivity index (χ3n) is 8.06. The first-order valence-electron chi connectivity index (χ1n) is 14.2. The van der Waals surface area contributed by atoms with Crippen LogP contribution in [0.1, 0.15) is 42.6 Å². The van der Waals surface area contributed by atoms with Gasteiger partial charge in [-0.2, -0.15) is 0 Å². The summed E-state index contributed by atoms with van der Waals surface area (Å²) in [5.41, 5.74) is 0.855. The van der Waals surface area contributed by atoms with Gasteiger partial charge in [-0.05, 0) is 76.2 Å². The standard InChI is InChI=1S/C31H42FN5O4/c1-21(2)27(33-28(38)25-19-22(3)7-12-26(25)32)29(39)36-15-13-31(14-16-36)30(40)35(6)20-37(31)23-8-10-24(11-9-23)41-18-17-34(4)5/h7-12,19,21,27H,13-18,20H2,1-6H3,(H,33,38)/t27-/m1/s1. The molecule has 9 nitrogen and oxygen atoms in total. The lowest BCUT2D eigenvalue weighted by molar-refractivity contribution is -0.139. The molecule has 0 aromatic heterocycles. The summed E-state index contributed by atoms with van der Waals surface area (Å²) in [4.78, 5) is 47.6. The van der Waals surface area contributed by atoms with Crippen LogP contribution in [-0.4, -0.2) is 98.1 Å². The number of nitrogens with one attached hydrogen (secondary N) is 1. The number of aryl methyl sites for hydroxylation is 1. The van der Waals surface area contributed by atoms with Gasteiger partial charge >= 0.3 is 0 Å². The molecule has 0 radical (unpaired) electrons. The van der Waals surface area contributed by atoms with Gasteiger partial charge in [0.05, 0.1) is 12.2 Å². The van der Waals surface area contributed by atoms with Gasteiger partial charge in [0.2, 0.25) is 11.8 Å². The normalized spacial score (nSPS) is 17.5. The Kier molecular flexibility index (Phi) is 9.21. The van der Waals surface area contributed by atoms with Crippen LogP contribution in [0.15, 0.2) is 42.5 Å². The Morgan fingerprint density at radius 2 is 1.76 bits per heavy atom. The Labute approximate surface area is 242 Å². The fourth-order valence-electron chi connectivity index (χ4n) is 5.60. The number of hydrogen-bond acceptors (Lipinski definition) is 6. The summed E-state index contributed by atoms with van der Waals surface area (Å²) in [6.45, 7) is 8.10. The van der Waals surface area contributed by atoms with E-state index in [-0.39, 0.29) is 23.3 Å². The van der Waals surface area contributed by atoms with Crippen molar-refractivity contribution in [3.63, 3.8) is 0 Å². The molecule has 1 spiro atoms. The Bertz CT molecular complexity index is 1260. The molecule has 1 atom stereocenters. The molecular formula is C31H42FN5O4. The van der Waals surface area contributed by atoms with Gasteiger partial charge in [-0.15, -0.1) is 0 Å². The first kappa shape index (κ1) is 30.3. The SMILES string of the molecule is Cc1ccc(F)c(C(=O)N[C@@H](C(=O)N2CCC3(CC2)C(=O)N(C)CN3c2ccc(OCCN(C)C)cc2)C(C)C)c1. The van der Waals surface area contributed by atoms with E-state index in [1.165, 1.54) is 12.1 Å². The van der Waals surface area contributed by atoms with Crippen LogP contribution in [0, 0.1) is 18.7 Å². The third-order valence-corrected chi connectivity index (χ3v) is 8.06. The van der Waals surface area contributed by atoms with E-state index in [1.807, 2.05) is 52.2 Å². The molecule has 0 bridgehead atoms. The molecular weight excluding hydrogens is 525 g/mol. The van der Waals surface area contributed by atoms with Crippen molar-refractivity contribution in [2.45, 2.75) is 45.2 Å². The number of likely N-dealkylation sites (N-methyl/N-ethyl adjacent to an activating group) is 2. The topological polar surface area (TPSA) is 85.4 Å². The molecule has 2 aromatic carbocycles. The fraction of sp³-hybridized carbons (Fsp3) is 0.516. The highest BCUT2D eigenvalue weighted by atomic mass is 19.1. The molecule has 2 heterocycles. The molecule has 3 amide bonds. The van der Waals surface area contributed by atoms with Gasteiger partial charge in [0.15, 0.2) is 0 Å². The summed E-state index contributed by atoms with van der Waals surface area (Å²) in [5.74, 6) is -0.846. The summed E-state index contributed by atoms with van der Waals surface area (Å²) in [6, 6.07) is 11.3. The Balaban J connectivity index is 1.45. The molecule has 1 N–H and O–H groups in total. The van der Waals surface area contributed by atoms with Crippen LogP contribution >= 0.6 is 0 Å². The number of likely N-dealkylation sites (tertiary alicyclic amines) is 1. The minimum Gasteiger partial charge on any atom is -0.492 e. The first-order valence-corrected chi connectivity index (χ1v) is 14.2. The highest BCUT2D eigenvalue weighted by Crippen LogP contribution is 2.39. The number of hydrogen-bond donors (Lipinski definition) is 1. The minimum absolute atomic E-state index is 0.0412.